The van der Waals surface area contributed by atoms with E-state index in [1.807, 2.05) is 42.3 Å². The summed E-state index contributed by atoms with van der Waals surface area (Å²) in [6, 6.07) is 9.68. The zero-order chi connectivity index (χ0) is 15.7. The van der Waals surface area contributed by atoms with Crippen LogP contribution in [0.4, 0.5) is 5.82 Å². The molecular formula is C17H20N4O. The Morgan fingerprint density at radius 3 is 2.59 bits per heavy atom. The van der Waals surface area contributed by atoms with Crippen molar-refractivity contribution in [3.8, 4) is 0 Å². The number of aromatic nitrogens is 3. The minimum absolute atomic E-state index is 0.0749. The van der Waals surface area contributed by atoms with Gasteiger partial charge in [0, 0.05) is 18.7 Å². The summed E-state index contributed by atoms with van der Waals surface area (Å²) in [6.07, 6.45) is 1.80. The molecule has 0 saturated carbocycles. The lowest BCUT2D eigenvalue weighted by Gasteiger charge is -2.20. The monoisotopic (exact) mass is 296 g/mol. The van der Waals surface area contributed by atoms with E-state index in [2.05, 4.69) is 35.7 Å². The molecule has 0 unspecified atom stereocenters. The Labute approximate surface area is 130 Å². The first-order chi connectivity index (χ1) is 10.4. The highest BCUT2D eigenvalue weighted by molar-refractivity contribution is 5.72. The van der Waals surface area contributed by atoms with Gasteiger partial charge in [0.1, 0.15) is 17.2 Å². The van der Waals surface area contributed by atoms with Crippen molar-refractivity contribution in [2.24, 2.45) is 0 Å². The molecule has 0 saturated heterocycles. The molecule has 3 aromatic rings. The molecule has 2 heterocycles. The summed E-state index contributed by atoms with van der Waals surface area (Å²) in [5, 5.41) is 0. The van der Waals surface area contributed by atoms with Gasteiger partial charge in [0.15, 0.2) is 5.58 Å². The summed E-state index contributed by atoms with van der Waals surface area (Å²) >= 11 is 0. The van der Waals surface area contributed by atoms with Gasteiger partial charge in [0.05, 0.1) is 6.54 Å². The van der Waals surface area contributed by atoms with Gasteiger partial charge in [0.2, 0.25) is 5.89 Å². The maximum absolute atomic E-state index is 5.76. The summed E-state index contributed by atoms with van der Waals surface area (Å²) < 4.78 is 5.76. The number of nitrogens with zero attached hydrogens (tertiary/aromatic N) is 4. The fourth-order valence-electron chi connectivity index (χ4n) is 2.19. The molecule has 5 nitrogen and oxygen atoms in total. The SMILES string of the molecule is CN(Cc1nc2ccccc2o1)c1ccnc(C(C)(C)C)n1. The van der Waals surface area contributed by atoms with Gasteiger partial charge in [0.25, 0.3) is 0 Å². The van der Waals surface area contributed by atoms with Crippen LogP contribution >= 0.6 is 0 Å². The van der Waals surface area contributed by atoms with E-state index in [1.165, 1.54) is 0 Å². The van der Waals surface area contributed by atoms with Gasteiger partial charge < -0.3 is 9.32 Å². The second kappa shape index (κ2) is 5.40. The average Bonchev–Trinajstić information content (AvgIpc) is 2.88. The molecule has 0 radical (unpaired) electrons. The molecule has 114 valence electrons. The van der Waals surface area contributed by atoms with E-state index in [0.29, 0.717) is 12.4 Å². The molecule has 0 atom stereocenters. The van der Waals surface area contributed by atoms with E-state index < -0.39 is 0 Å². The van der Waals surface area contributed by atoms with Crippen LogP contribution in [0, 0.1) is 0 Å². The second-order valence-corrected chi connectivity index (χ2v) is 6.42. The van der Waals surface area contributed by atoms with E-state index >= 15 is 0 Å². The highest BCUT2D eigenvalue weighted by Crippen LogP contribution is 2.21. The summed E-state index contributed by atoms with van der Waals surface area (Å²) in [6.45, 7) is 6.88. The maximum atomic E-state index is 5.76. The maximum Gasteiger partial charge on any atom is 0.215 e. The van der Waals surface area contributed by atoms with Crippen molar-refractivity contribution >= 4 is 16.9 Å². The van der Waals surface area contributed by atoms with Crippen LogP contribution in [0.2, 0.25) is 0 Å². The van der Waals surface area contributed by atoms with Gasteiger partial charge in [-0.25, -0.2) is 15.0 Å². The van der Waals surface area contributed by atoms with E-state index in [-0.39, 0.29) is 5.41 Å². The second-order valence-electron chi connectivity index (χ2n) is 6.42. The number of para-hydroxylation sites is 2. The third kappa shape index (κ3) is 2.93. The smallest absolute Gasteiger partial charge is 0.215 e. The van der Waals surface area contributed by atoms with Crippen molar-refractivity contribution in [1.29, 1.82) is 0 Å². The van der Waals surface area contributed by atoms with Crippen molar-refractivity contribution in [3.05, 3.63) is 48.2 Å². The van der Waals surface area contributed by atoms with Crippen molar-refractivity contribution in [3.63, 3.8) is 0 Å². The van der Waals surface area contributed by atoms with Crippen LogP contribution < -0.4 is 4.90 Å². The normalized spacial score (nSPS) is 11.8. The van der Waals surface area contributed by atoms with E-state index in [0.717, 1.165) is 22.7 Å². The van der Waals surface area contributed by atoms with Gasteiger partial charge in [-0.3, -0.25) is 0 Å². The Morgan fingerprint density at radius 1 is 1.09 bits per heavy atom. The molecule has 0 aliphatic carbocycles. The summed E-state index contributed by atoms with van der Waals surface area (Å²) in [7, 11) is 1.98. The summed E-state index contributed by atoms with van der Waals surface area (Å²) in [4.78, 5) is 15.5. The molecule has 0 spiro atoms. The number of oxazole rings is 1. The van der Waals surface area contributed by atoms with Crippen LogP contribution in [-0.2, 0) is 12.0 Å². The van der Waals surface area contributed by atoms with Gasteiger partial charge in [-0.1, -0.05) is 32.9 Å². The lowest BCUT2D eigenvalue weighted by molar-refractivity contribution is 0.522. The molecule has 0 N–H and O–H groups in total. The molecule has 0 fully saturated rings. The third-order valence-electron chi connectivity index (χ3n) is 3.41. The summed E-state index contributed by atoms with van der Waals surface area (Å²) in [5.74, 6) is 2.37. The standard InChI is InChI=1S/C17H20N4O/c1-17(2,3)16-18-10-9-14(20-16)21(4)11-15-19-12-7-5-6-8-13(12)22-15/h5-10H,11H2,1-4H3. The highest BCUT2D eigenvalue weighted by atomic mass is 16.3. The van der Waals surface area contributed by atoms with Gasteiger partial charge in [-0.05, 0) is 18.2 Å². The van der Waals surface area contributed by atoms with Crippen LogP contribution in [0.1, 0.15) is 32.5 Å². The number of hydrogen-bond donors (Lipinski definition) is 0. The van der Waals surface area contributed by atoms with Crippen molar-refractivity contribution in [2.75, 3.05) is 11.9 Å². The zero-order valence-corrected chi connectivity index (χ0v) is 13.4. The molecule has 0 aliphatic heterocycles. The Bertz CT molecular complexity index is 755. The number of hydrogen-bond acceptors (Lipinski definition) is 5. The van der Waals surface area contributed by atoms with E-state index in [1.54, 1.807) is 6.20 Å². The van der Waals surface area contributed by atoms with Crippen LogP contribution in [0.5, 0.6) is 0 Å². The number of fused-ring (bicyclic) bond motifs is 1. The predicted molar refractivity (Wildman–Crippen MR) is 86.8 cm³/mol. The van der Waals surface area contributed by atoms with Gasteiger partial charge in [-0.2, -0.15) is 0 Å². The fourth-order valence-corrected chi connectivity index (χ4v) is 2.19. The molecule has 5 heteroatoms. The molecular weight excluding hydrogens is 276 g/mol. The first-order valence-corrected chi connectivity index (χ1v) is 7.32. The highest BCUT2D eigenvalue weighted by Gasteiger charge is 2.18. The molecule has 0 amide bonds. The first kappa shape index (κ1) is 14.5. The Balaban J connectivity index is 1.83. The Morgan fingerprint density at radius 2 is 1.86 bits per heavy atom. The minimum Gasteiger partial charge on any atom is -0.439 e. The largest absolute Gasteiger partial charge is 0.439 e. The number of rotatable bonds is 3. The van der Waals surface area contributed by atoms with Crippen LogP contribution in [0.25, 0.3) is 11.1 Å². The van der Waals surface area contributed by atoms with Gasteiger partial charge in [-0.15, -0.1) is 0 Å². The molecule has 22 heavy (non-hydrogen) atoms. The fraction of sp³-hybridized carbons (Fsp3) is 0.353. The third-order valence-corrected chi connectivity index (χ3v) is 3.41. The molecule has 2 aromatic heterocycles. The van der Waals surface area contributed by atoms with Crippen molar-refractivity contribution < 1.29 is 4.42 Å². The first-order valence-electron chi connectivity index (χ1n) is 7.32. The number of benzene rings is 1. The lowest BCUT2D eigenvalue weighted by Crippen LogP contribution is -2.22. The van der Waals surface area contributed by atoms with E-state index in [9.17, 15) is 0 Å². The molecule has 1 aromatic carbocycles. The van der Waals surface area contributed by atoms with Crippen molar-refractivity contribution in [2.45, 2.75) is 32.7 Å². The van der Waals surface area contributed by atoms with Crippen LogP contribution in [0.3, 0.4) is 0 Å². The zero-order valence-electron chi connectivity index (χ0n) is 13.4. The summed E-state index contributed by atoms with van der Waals surface area (Å²) in [5.41, 5.74) is 1.61. The van der Waals surface area contributed by atoms with Crippen LogP contribution in [-0.4, -0.2) is 22.0 Å². The van der Waals surface area contributed by atoms with Crippen molar-refractivity contribution in [1.82, 2.24) is 15.0 Å². The van der Waals surface area contributed by atoms with Crippen LogP contribution in [0.15, 0.2) is 40.9 Å². The quantitative estimate of drug-likeness (QED) is 0.739. The Hall–Kier alpha value is -2.43. The average molecular weight is 296 g/mol. The molecule has 0 aliphatic rings. The topological polar surface area (TPSA) is 55.1 Å². The Kier molecular flexibility index (Phi) is 3.56. The van der Waals surface area contributed by atoms with Gasteiger partial charge >= 0.3 is 0 Å². The predicted octanol–water partition coefficient (Wildman–Crippen LogP) is 3.55. The molecule has 3 rings (SSSR count). The lowest BCUT2D eigenvalue weighted by atomic mass is 9.96. The van der Waals surface area contributed by atoms with E-state index in [4.69, 9.17) is 4.42 Å². The molecule has 0 bridgehead atoms. The number of anilines is 1. The minimum atomic E-state index is -0.0749.